The number of nitrogens with zero attached hydrogens (tertiary/aromatic N) is 1. The van der Waals surface area contributed by atoms with Crippen molar-refractivity contribution in [3.8, 4) is 0 Å². The molecular weight excluding hydrogens is 188 g/mol. The lowest BCUT2D eigenvalue weighted by Crippen LogP contribution is -2.42. The van der Waals surface area contributed by atoms with Gasteiger partial charge in [0.05, 0.1) is 5.60 Å². The normalized spacial score (nSPS) is 29.4. The van der Waals surface area contributed by atoms with E-state index in [0.29, 0.717) is 12.6 Å². The van der Waals surface area contributed by atoms with Gasteiger partial charge in [-0.2, -0.15) is 0 Å². The molecule has 1 fully saturated rings. The van der Waals surface area contributed by atoms with Crippen LogP contribution in [0.2, 0.25) is 0 Å². The van der Waals surface area contributed by atoms with Crippen LogP contribution in [0.5, 0.6) is 0 Å². The minimum absolute atomic E-state index is 0.0433. The lowest BCUT2D eigenvalue weighted by molar-refractivity contribution is -0.0426. The van der Waals surface area contributed by atoms with Crippen molar-refractivity contribution in [1.29, 1.82) is 0 Å². The molecular formula is C12H26N2O. The highest BCUT2D eigenvalue weighted by Crippen LogP contribution is 2.26. The molecule has 0 aromatic rings. The van der Waals surface area contributed by atoms with Crippen LogP contribution in [0.1, 0.15) is 40.0 Å². The highest BCUT2D eigenvalue weighted by molar-refractivity contribution is 4.87. The number of likely N-dealkylation sites (tertiary alicyclic amines) is 1. The molecule has 0 saturated carbocycles. The largest absolute Gasteiger partial charge is 0.374 e. The summed E-state index contributed by atoms with van der Waals surface area (Å²) >= 11 is 0. The van der Waals surface area contributed by atoms with Crippen LogP contribution < -0.4 is 5.73 Å². The summed E-state index contributed by atoms with van der Waals surface area (Å²) in [5.74, 6) is 0. The van der Waals surface area contributed by atoms with E-state index in [1.165, 1.54) is 13.0 Å². The molecule has 1 unspecified atom stereocenters. The number of nitrogens with two attached hydrogens (primary N) is 1. The molecule has 1 aliphatic heterocycles. The van der Waals surface area contributed by atoms with Crippen LogP contribution in [-0.2, 0) is 4.74 Å². The van der Waals surface area contributed by atoms with Crippen LogP contribution in [0, 0.1) is 0 Å². The molecule has 0 spiro atoms. The van der Waals surface area contributed by atoms with Crippen LogP contribution >= 0.6 is 0 Å². The van der Waals surface area contributed by atoms with E-state index in [4.69, 9.17) is 10.5 Å². The fourth-order valence-corrected chi connectivity index (χ4v) is 2.42. The maximum Gasteiger partial charge on any atom is 0.0816 e. The van der Waals surface area contributed by atoms with Crippen molar-refractivity contribution >= 4 is 0 Å². The molecule has 1 aliphatic rings. The Hall–Kier alpha value is -0.120. The van der Waals surface area contributed by atoms with E-state index in [2.05, 4.69) is 25.7 Å². The van der Waals surface area contributed by atoms with E-state index in [1.54, 1.807) is 0 Å². The van der Waals surface area contributed by atoms with Crippen LogP contribution in [-0.4, -0.2) is 42.8 Å². The Labute approximate surface area is 94.0 Å². The lowest BCUT2D eigenvalue weighted by Gasteiger charge is -2.31. The molecule has 0 aromatic carbocycles. The summed E-state index contributed by atoms with van der Waals surface area (Å²) in [6, 6.07) is 0.639. The fourth-order valence-electron chi connectivity index (χ4n) is 2.42. The lowest BCUT2D eigenvalue weighted by atomic mass is 9.95. The summed E-state index contributed by atoms with van der Waals surface area (Å²) < 4.78 is 5.88. The van der Waals surface area contributed by atoms with Crippen molar-refractivity contribution in [2.24, 2.45) is 5.73 Å². The second kappa shape index (κ2) is 5.83. The Bertz CT molecular complexity index is 184. The van der Waals surface area contributed by atoms with Crippen LogP contribution in [0.25, 0.3) is 0 Å². The van der Waals surface area contributed by atoms with Crippen molar-refractivity contribution in [3.05, 3.63) is 0 Å². The van der Waals surface area contributed by atoms with Gasteiger partial charge in [0.15, 0.2) is 0 Å². The average Bonchev–Trinajstić information content (AvgIpc) is 2.42. The molecule has 90 valence electrons. The standard InChI is InChI=1S/C12H26N2O/c1-4-15-12(10-13)6-5-8-14(9-7-12)11(2)3/h11H,4-10,13H2,1-3H3. The average molecular weight is 214 g/mol. The summed E-state index contributed by atoms with van der Waals surface area (Å²) in [6.07, 6.45) is 3.39. The summed E-state index contributed by atoms with van der Waals surface area (Å²) in [6.45, 7) is 10.3. The number of ether oxygens (including phenoxy) is 1. The van der Waals surface area contributed by atoms with E-state index in [0.717, 1.165) is 26.0 Å². The first-order valence-electron chi connectivity index (χ1n) is 6.21. The van der Waals surface area contributed by atoms with Gasteiger partial charge in [0.2, 0.25) is 0 Å². The van der Waals surface area contributed by atoms with Gasteiger partial charge in [-0.25, -0.2) is 0 Å². The molecule has 3 heteroatoms. The van der Waals surface area contributed by atoms with Crippen LogP contribution in [0.15, 0.2) is 0 Å². The molecule has 1 saturated heterocycles. The zero-order valence-electron chi connectivity index (χ0n) is 10.5. The molecule has 0 aromatic heterocycles. The molecule has 0 amide bonds. The first-order chi connectivity index (χ1) is 7.13. The molecule has 0 radical (unpaired) electrons. The van der Waals surface area contributed by atoms with Gasteiger partial charge in [0.1, 0.15) is 0 Å². The predicted octanol–water partition coefficient (Wildman–Crippen LogP) is 1.61. The molecule has 2 N–H and O–H groups in total. The van der Waals surface area contributed by atoms with E-state index >= 15 is 0 Å². The summed E-state index contributed by atoms with van der Waals surface area (Å²) in [4.78, 5) is 2.52. The Morgan fingerprint density at radius 1 is 1.33 bits per heavy atom. The van der Waals surface area contributed by atoms with Gasteiger partial charge in [-0.1, -0.05) is 0 Å². The Balaban J connectivity index is 2.56. The number of rotatable bonds is 4. The highest BCUT2D eigenvalue weighted by Gasteiger charge is 2.32. The zero-order chi connectivity index (χ0) is 11.3. The molecule has 0 aliphatic carbocycles. The number of hydrogen-bond acceptors (Lipinski definition) is 3. The monoisotopic (exact) mass is 214 g/mol. The third-order valence-corrected chi connectivity index (χ3v) is 3.49. The Kier molecular flexibility index (Phi) is 5.03. The molecule has 1 heterocycles. The van der Waals surface area contributed by atoms with E-state index in [-0.39, 0.29) is 5.60 Å². The molecule has 3 nitrogen and oxygen atoms in total. The molecule has 0 bridgehead atoms. The highest BCUT2D eigenvalue weighted by atomic mass is 16.5. The van der Waals surface area contributed by atoms with E-state index in [9.17, 15) is 0 Å². The van der Waals surface area contributed by atoms with Crippen molar-refractivity contribution < 1.29 is 4.74 Å². The van der Waals surface area contributed by atoms with Crippen molar-refractivity contribution in [1.82, 2.24) is 4.90 Å². The van der Waals surface area contributed by atoms with Gasteiger partial charge >= 0.3 is 0 Å². The first-order valence-corrected chi connectivity index (χ1v) is 6.21. The van der Waals surface area contributed by atoms with Crippen molar-refractivity contribution in [2.45, 2.75) is 51.7 Å². The van der Waals surface area contributed by atoms with Gasteiger partial charge in [-0.3, -0.25) is 0 Å². The van der Waals surface area contributed by atoms with Crippen LogP contribution in [0.4, 0.5) is 0 Å². The minimum Gasteiger partial charge on any atom is -0.374 e. The third-order valence-electron chi connectivity index (χ3n) is 3.49. The second-order valence-corrected chi connectivity index (χ2v) is 4.80. The zero-order valence-corrected chi connectivity index (χ0v) is 10.5. The smallest absolute Gasteiger partial charge is 0.0816 e. The molecule has 1 rings (SSSR count). The van der Waals surface area contributed by atoms with E-state index < -0.39 is 0 Å². The quantitative estimate of drug-likeness (QED) is 0.773. The fraction of sp³-hybridized carbons (Fsp3) is 1.00. The van der Waals surface area contributed by atoms with E-state index in [1.807, 2.05) is 0 Å². The van der Waals surface area contributed by atoms with Gasteiger partial charge < -0.3 is 15.4 Å². The van der Waals surface area contributed by atoms with Crippen LogP contribution in [0.3, 0.4) is 0 Å². The minimum atomic E-state index is -0.0433. The summed E-state index contributed by atoms with van der Waals surface area (Å²) in [5, 5.41) is 0. The maximum absolute atomic E-state index is 5.88. The van der Waals surface area contributed by atoms with Gasteiger partial charge in [0.25, 0.3) is 0 Å². The van der Waals surface area contributed by atoms with Gasteiger partial charge in [-0.15, -0.1) is 0 Å². The molecule has 15 heavy (non-hydrogen) atoms. The second-order valence-electron chi connectivity index (χ2n) is 4.80. The SMILES string of the molecule is CCOC1(CN)CCCN(C(C)C)CC1. The van der Waals surface area contributed by atoms with Gasteiger partial charge in [-0.05, 0) is 46.6 Å². The third kappa shape index (κ3) is 3.44. The Morgan fingerprint density at radius 2 is 2.07 bits per heavy atom. The maximum atomic E-state index is 5.88. The number of hydrogen-bond donors (Lipinski definition) is 1. The Morgan fingerprint density at radius 3 is 2.60 bits per heavy atom. The summed E-state index contributed by atoms with van der Waals surface area (Å²) in [5.41, 5.74) is 5.83. The van der Waals surface area contributed by atoms with Crippen molar-refractivity contribution in [3.63, 3.8) is 0 Å². The first kappa shape index (κ1) is 12.9. The topological polar surface area (TPSA) is 38.5 Å². The summed E-state index contributed by atoms with van der Waals surface area (Å²) in [7, 11) is 0. The van der Waals surface area contributed by atoms with Gasteiger partial charge in [0, 0.05) is 25.7 Å². The van der Waals surface area contributed by atoms with Crippen molar-refractivity contribution in [2.75, 3.05) is 26.2 Å². The predicted molar refractivity (Wildman–Crippen MR) is 64.0 cm³/mol. The molecule has 1 atom stereocenters.